The van der Waals surface area contributed by atoms with Gasteiger partial charge in [-0.05, 0) is 31.5 Å². The van der Waals surface area contributed by atoms with Crippen LogP contribution in [0.25, 0.3) is 0 Å². The van der Waals surface area contributed by atoms with Crippen LogP contribution in [0.3, 0.4) is 0 Å². The molecule has 2 aromatic rings. The third kappa shape index (κ3) is 3.31. The van der Waals surface area contributed by atoms with Crippen LogP contribution in [-0.4, -0.2) is 16.6 Å². The Bertz CT molecular complexity index is 525. The summed E-state index contributed by atoms with van der Waals surface area (Å²) in [7, 11) is 0. The molecule has 0 saturated carbocycles. The van der Waals surface area contributed by atoms with Gasteiger partial charge in [0.1, 0.15) is 5.82 Å². The van der Waals surface area contributed by atoms with Crippen molar-refractivity contribution >= 4 is 5.82 Å². The molecular weight excluding hydrogens is 224 g/mol. The van der Waals surface area contributed by atoms with Crippen molar-refractivity contribution < 1.29 is 5.11 Å². The van der Waals surface area contributed by atoms with E-state index in [-0.39, 0.29) is 0 Å². The molecule has 0 fully saturated rings. The van der Waals surface area contributed by atoms with Crippen molar-refractivity contribution in [2.24, 2.45) is 0 Å². The van der Waals surface area contributed by atoms with E-state index in [0.717, 1.165) is 22.6 Å². The summed E-state index contributed by atoms with van der Waals surface area (Å²) < 4.78 is 0. The van der Waals surface area contributed by atoms with E-state index in [1.165, 1.54) is 0 Å². The first kappa shape index (κ1) is 12.6. The Morgan fingerprint density at radius 1 is 1.17 bits per heavy atom. The average molecular weight is 242 g/mol. The number of benzene rings is 1. The molecule has 1 aromatic carbocycles. The van der Waals surface area contributed by atoms with E-state index in [2.05, 4.69) is 10.3 Å². The maximum Gasteiger partial charge on any atom is 0.126 e. The second-order valence-corrected chi connectivity index (χ2v) is 4.48. The minimum Gasteiger partial charge on any atom is -0.387 e. The number of aryl methyl sites for hydroxylation is 2. The number of pyridine rings is 1. The lowest BCUT2D eigenvalue weighted by atomic mass is 10.1. The Morgan fingerprint density at radius 2 is 1.94 bits per heavy atom. The number of anilines is 1. The lowest BCUT2D eigenvalue weighted by Gasteiger charge is -2.13. The summed E-state index contributed by atoms with van der Waals surface area (Å²) >= 11 is 0. The van der Waals surface area contributed by atoms with Crippen LogP contribution in [-0.2, 0) is 0 Å². The second kappa shape index (κ2) is 5.65. The van der Waals surface area contributed by atoms with Gasteiger partial charge in [0.05, 0.1) is 6.10 Å². The summed E-state index contributed by atoms with van der Waals surface area (Å²) in [6.45, 7) is 4.42. The maximum atomic E-state index is 10.1. The minimum absolute atomic E-state index is 0.458. The van der Waals surface area contributed by atoms with Gasteiger partial charge < -0.3 is 10.4 Å². The molecule has 1 heterocycles. The van der Waals surface area contributed by atoms with Crippen LogP contribution >= 0.6 is 0 Å². The van der Waals surface area contributed by atoms with E-state index < -0.39 is 6.10 Å². The third-order valence-corrected chi connectivity index (χ3v) is 2.79. The van der Waals surface area contributed by atoms with Gasteiger partial charge >= 0.3 is 0 Å². The molecule has 0 amide bonds. The van der Waals surface area contributed by atoms with Gasteiger partial charge in [-0.15, -0.1) is 0 Å². The summed E-state index contributed by atoms with van der Waals surface area (Å²) in [5.74, 6) is 0.793. The molecular formula is C15H18N2O. The van der Waals surface area contributed by atoms with E-state index in [0.29, 0.717) is 6.54 Å². The highest BCUT2D eigenvalue weighted by Gasteiger charge is 2.07. The van der Waals surface area contributed by atoms with Crippen molar-refractivity contribution in [1.82, 2.24) is 4.98 Å². The van der Waals surface area contributed by atoms with Gasteiger partial charge in [0.15, 0.2) is 0 Å². The predicted octanol–water partition coefficient (Wildman–Crippen LogP) is 2.84. The molecule has 1 atom stereocenters. The highest BCUT2D eigenvalue weighted by molar-refractivity contribution is 5.36. The standard InChI is InChI=1S/C15H18N2O/c1-11-5-3-7-13(9-11)14(18)10-16-15-8-4-6-12(2)17-15/h3-9,14,18H,10H2,1-2H3,(H,16,17). The van der Waals surface area contributed by atoms with Crippen molar-refractivity contribution in [3.05, 3.63) is 59.3 Å². The van der Waals surface area contributed by atoms with E-state index in [1.807, 2.05) is 56.3 Å². The first-order valence-electron chi connectivity index (χ1n) is 6.07. The number of rotatable bonds is 4. The largest absolute Gasteiger partial charge is 0.387 e. The van der Waals surface area contributed by atoms with Crippen LogP contribution < -0.4 is 5.32 Å². The lowest BCUT2D eigenvalue weighted by Crippen LogP contribution is -2.13. The summed E-state index contributed by atoms with van der Waals surface area (Å²) in [5.41, 5.74) is 3.04. The smallest absolute Gasteiger partial charge is 0.126 e. The van der Waals surface area contributed by atoms with Gasteiger partial charge in [0.2, 0.25) is 0 Å². The summed E-state index contributed by atoms with van der Waals surface area (Å²) in [6, 6.07) is 13.7. The maximum absolute atomic E-state index is 10.1. The number of aliphatic hydroxyl groups excluding tert-OH is 1. The molecule has 0 aliphatic rings. The normalized spacial score (nSPS) is 12.2. The Morgan fingerprint density at radius 3 is 2.67 bits per heavy atom. The Hall–Kier alpha value is -1.87. The van der Waals surface area contributed by atoms with Crippen molar-refractivity contribution in [2.45, 2.75) is 20.0 Å². The topological polar surface area (TPSA) is 45.1 Å². The molecule has 0 radical (unpaired) electrons. The Labute approximate surface area is 108 Å². The van der Waals surface area contributed by atoms with E-state index >= 15 is 0 Å². The summed E-state index contributed by atoms with van der Waals surface area (Å²) in [5, 5.41) is 13.2. The number of hydrogen-bond acceptors (Lipinski definition) is 3. The zero-order valence-corrected chi connectivity index (χ0v) is 10.7. The molecule has 2 N–H and O–H groups in total. The first-order valence-corrected chi connectivity index (χ1v) is 6.07. The SMILES string of the molecule is Cc1cccc(C(O)CNc2cccc(C)n2)c1. The fourth-order valence-electron chi connectivity index (χ4n) is 1.84. The van der Waals surface area contributed by atoms with E-state index in [4.69, 9.17) is 0 Å². The van der Waals surface area contributed by atoms with Gasteiger partial charge in [0.25, 0.3) is 0 Å². The summed E-state index contributed by atoms with van der Waals surface area (Å²) in [4.78, 5) is 4.33. The zero-order chi connectivity index (χ0) is 13.0. The van der Waals surface area contributed by atoms with Gasteiger partial charge in [-0.3, -0.25) is 0 Å². The number of aromatic nitrogens is 1. The minimum atomic E-state index is -0.521. The number of nitrogens with one attached hydrogen (secondary N) is 1. The predicted molar refractivity (Wildman–Crippen MR) is 73.6 cm³/mol. The van der Waals surface area contributed by atoms with Crippen LogP contribution in [0.5, 0.6) is 0 Å². The van der Waals surface area contributed by atoms with Crippen LogP contribution in [0.1, 0.15) is 22.9 Å². The van der Waals surface area contributed by atoms with Crippen LogP contribution in [0.15, 0.2) is 42.5 Å². The molecule has 18 heavy (non-hydrogen) atoms. The van der Waals surface area contributed by atoms with Crippen molar-refractivity contribution in [3.63, 3.8) is 0 Å². The molecule has 0 bridgehead atoms. The molecule has 3 heteroatoms. The van der Waals surface area contributed by atoms with Crippen LogP contribution in [0, 0.1) is 13.8 Å². The van der Waals surface area contributed by atoms with Gasteiger partial charge in [-0.1, -0.05) is 35.9 Å². The van der Waals surface area contributed by atoms with Gasteiger partial charge in [-0.2, -0.15) is 0 Å². The van der Waals surface area contributed by atoms with E-state index in [9.17, 15) is 5.11 Å². The quantitative estimate of drug-likeness (QED) is 0.866. The molecule has 0 saturated heterocycles. The van der Waals surface area contributed by atoms with Crippen molar-refractivity contribution in [3.8, 4) is 0 Å². The number of aliphatic hydroxyl groups is 1. The van der Waals surface area contributed by atoms with Gasteiger partial charge in [0, 0.05) is 12.2 Å². The Kier molecular flexibility index (Phi) is 3.95. The van der Waals surface area contributed by atoms with Crippen molar-refractivity contribution in [2.75, 3.05) is 11.9 Å². The molecule has 1 aromatic heterocycles. The highest BCUT2D eigenvalue weighted by Crippen LogP contribution is 2.15. The van der Waals surface area contributed by atoms with Crippen LogP contribution in [0.4, 0.5) is 5.82 Å². The number of nitrogens with zero attached hydrogens (tertiary/aromatic N) is 1. The second-order valence-electron chi connectivity index (χ2n) is 4.48. The number of hydrogen-bond donors (Lipinski definition) is 2. The average Bonchev–Trinajstić information content (AvgIpc) is 2.36. The molecule has 1 unspecified atom stereocenters. The van der Waals surface area contributed by atoms with Crippen LogP contribution in [0.2, 0.25) is 0 Å². The molecule has 0 aliphatic heterocycles. The monoisotopic (exact) mass is 242 g/mol. The molecule has 0 spiro atoms. The zero-order valence-electron chi connectivity index (χ0n) is 10.7. The van der Waals surface area contributed by atoms with Gasteiger partial charge in [-0.25, -0.2) is 4.98 Å². The lowest BCUT2D eigenvalue weighted by molar-refractivity contribution is 0.191. The van der Waals surface area contributed by atoms with E-state index in [1.54, 1.807) is 0 Å². The first-order chi connectivity index (χ1) is 8.65. The fraction of sp³-hybridized carbons (Fsp3) is 0.267. The summed E-state index contributed by atoms with van der Waals surface area (Å²) in [6.07, 6.45) is -0.521. The third-order valence-electron chi connectivity index (χ3n) is 2.79. The van der Waals surface area contributed by atoms with Crippen molar-refractivity contribution in [1.29, 1.82) is 0 Å². The molecule has 94 valence electrons. The fourth-order valence-corrected chi connectivity index (χ4v) is 1.84. The Balaban J connectivity index is 1.98. The highest BCUT2D eigenvalue weighted by atomic mass is 16.3. The molecule has 2 rings (SSSR count). The molecule has 0 aliphatic carbocycles. The molecule has 3 nitrogen and oxygen atoms in total.